The van der Waals surface area contributed by atoms with Gasteiger partial charge in [-0.2, -0.15) is 0 Å². The molecule has 3 heteroatoms. The molecular weight excluding hydrogens is 672 g/mol. The van der Waals surface area contributed by atoms with Crippen molar-refractivity contribution >= 4 is 0 Å². The maximum atomic E-state index is 2.19. The second-order valence-electron chi connectivity index (χ2n) is 6.00. The van der Waals surface area contributed by atoms with Gasteiger partial charge >= 0.3 is 0 Å². The topological polar surface area (TPSA) is 0 Å². The quantitative estimate of drug-likeness (QED) is 0.359. The van der Waals surface area contributed by atoms with Crippen LogP contribution >= 0.6 is 0 Å². The van der Waals surface area contributed by atoms with E-state index in [2.05, 4.69) is 55.4 Å². The molecule has 0 aliphatic heterocycles. The minimum absolute atomic E-state index is 0. The van der Waals surface area contributed by atoms with Gasteiger partial charge in [0.2, 0.25) is 0 Å². The summed E-state index contributed by atoms with van der Waals surface area (Å²) in [6, 6.07) is 0. The summed E-state index contributed by atoms with van der Waals surface area (Å²) in [7, 11) is 0. The SMILES string of the molecule is CC(C)(C)C.CC(C)(C)C.[W].[W].[W]. The summed E-state index contributed by atoms with van der Waals surface area (Å²) >= 11 is 0. The smallest absolute Gasteiger partial charge is 0 e. The summed E-state index contributed by atoms with van der Waals surface area (Å²) in [6.07, 6.45) is 0. The van der Waals surface area contributed by atoms with Crippen LogP contribution in [0, 0.1) is 10.8 Å². The molecule has 0 aliphatic rings. The number of rotatable bonds is 0. The van der Waals surface area contributed by atoms with Crippen molar-refractivity contribution in [2.75, 3.05) is 0 Å². The third-order valence-electron chi connectivity index (χ3n) is 0. The summed E-state index contributed by atoms with van der Waals surface area (Å²) in [5, 5.41) is 0. The second kappa shape index (κ2) is 12.1. The van der Waals surface area contributed by atoms with E-state index in [-0.39, 0.29) is 63.2 Å². The van der Waals surface area contributed by atoms with Crippen LogP contribution in [0.3, 0.4) is 0 Å². The van der Waals surface area contributed by atoms with Crippen LogP contribution in [0.2, 0.25) is 0 Å². The first kappa shape index (κ1) is 29.4. The molecule has 0 fully saturated rings. The van der Waals surface area contributed by atoms with Crippen LogP contribution in [0.5, 0.6) is 0 Å². The third kappa shape index (κ3) is 480. The maximum absolute atomic E-state index is 2.19. The fourth-order valence-corrected chi connectivity index (χ4v) is 0. The molecular formula is C10H24W3. The van der Waals surface area contributed by atoms with E-state index in [0.29, 0.717) is 10.8 Å². The van der Waals surface area contributed by atoms with Crippen molar-refractivity contribution in [3.63, 3.8) is 0 Å². The summed E-state index contributed by atoms with van der Waals surface area (Å²) in [5.41, 5.74) is 1.00. The largest absolute Gasteiger partial charge is 0.0604 e. The fraction of sp³-hybridized carbons (Fsp3) is 1.00. The zero-order valence-corrected chi connectivity index (χ0v) is 19.0. The Bertz CT molecular complexity index is 53.2. The predicted molar refractivity (Wildman–Crippen MR) is 50.3 cm³/mol. The Hall–Kier alpha value is 2.06. The Balaban J connectivity index is -0.0000000267. The zero-order valence-electron chi connectivity index (χ0n) is 10.2. The van der Waals surface area contributed by atoms with Gasteiger partial charge in [0.15, 0.2) is 0 Å². The van der Waals surface area contributed by atoms with Crippen molar-refractivity contribution in [1.82, 2.24) is 0 Å². The van der Waals surface area contributed by atoms with E-state index in [9.17, 15) is 0 Å². The third-order valence-corrected chi connectivity index (χ3v) is 0. The first-order valence-corrected chi connectivity index (χ1v) is 4.00. The minimum Gasteiger partial charge on any atom is -0.0604 e. The fourth-order valence-electron chi connectivity index (χ4n) is 0. The first-order chi connectivity index (χ1) is 4.00. The molecule has 0 aromatic rings. The minimum atomic E-state index is 0. The van der Waals surface area contributed by atoms with Crippen LogP contribution in [-0.4, -0.2) is 0 Å². The van der Waals surface area contributed by atoms with E-state index >= 15 is 0 Å². The summed E-state index contributed by atoms with van der Waals surface area (Å²) in [6.45, 7) is 17.5. The predicted octanol–water partition coefficient (Wildman–Crippen LogP) is 4.10. The molecule has 0 bridgehead atoms. The molecule has 13 heavy (non-hydrogen) atoms. The Kier molecular flexibility index (Phi) is 27.5. The standard InChI is InChI=1S/2C5H12.3W/c2*1-5(2,3)4;;;/h2*1-4H3;;;. The zero-order chi connectivity index (χ0) is 9.00. The molecule has 0 heterocycles. The monoisotopic (exact) mass is 696 g/mol. The van der Waals surface area contributed by atoms with Gasteiger partial charge in [-0.15, -0.1) is 0 Å². The molecule has 0 radical (unpaired) electrons. The van der Waals surface area contributed by atoms with E-state index < -0.39 is 0 Å². The number of hydrogen-bond donors (Lipinski definition) is 0. The summed E-state index contributed by atoms with van der Waals surface area (Å²) < 4.78 is 0. The summed E-state index contributed by atoms with van der Waals surface area (Å²) in [4.78, 5) is 0. The van der Waals surface area contributed by atoms with Crippen molar-refractivity contribution in [3.05, 3.63) is 0 Å². The first-order valence-electron chi connectivity index (χ1n) is 4.00. The molecule has 0 aliphatic carbocycles. The van der Waals surface area contributed by atoms with E-state index in [1.165, 1.54) is 0 Å². The van der Waals surface area contributed by atoms with Gasteiger partial charge in [-0.05, 0) is 10.8 Å². The second-order valence-corrected chi connectivity index (χ2v) is 6.00. The van der Waals surface area contributed by atoms with Gasteiger partial charge in [0, 0.05) is 63.2 Å². The molecule has 0 unspecified atom stereocenters. The van der Waals surface area contributed by atoms with Gasteiger partial charge in [0.05, 0.1) is 0 Å². The van der Waals surface area contributed by atoms with Crippen LogP contribution in [0.4, 0.5) is 0 Å². The molecule has 82 valence electrons. The number of hydrogen-bond acceptors (Lipinski definition) is 0. The van der Waals surface area contributed by atoms with Gasteiger partial charge in [0.25, 0.3) is 0 Å². The van der Waals surface area contributed by atoms with Crippen LogP contribution < -0.4 is 0 Å². The Morgan fingerprint density at radius 2 is 0.385 bits per heavy atom. The molecule has 0 spiro atoms. The van der Waals surface area contributed by atoms with E-state index in [1.807, 2.05) is 0 Å². The van der Waals surface area contributed by atoms with E-state index in [1.54, 1.807) is 0 Å². The van der Waals surface area contributed by atoms with Crippen molar-refractivity contribution in [3.8, 4) is 0 Å². The average Bonchev–Trinajstić information content (AvgIpc) is 1.12. The molecule has 0 saturated heterocycles. The van der Waals surface area contributed by atoms with Crippen molar-refractivity contribution < 1.29 is 63.2 Å². The van der Waals surface area contributed by atoms with Crippen molar-refractivity contribution in [1.29, 1.82) is 0 Å². The average molecular weight is 696 g/mol. The normalized spacial score (nSPS) is 9.23. The van der Waals surface area contributed by atoms with Gasteiger partial charge < -0.3 is 0 Å². The van der Waals surface area contributed by atoms with Gasteiger partial charge in [-0.25, -0.2) is 0 Å². The Labute approximate surface area is 128 Å². The molecule has 0 aromatic heterocycles. The molecule has 0 aromatic carbocycles. The Morgan fingerprint density at radius 1 is 0.385 bits per heavy atom. The molecule has 0 amide bonds. The molecule has 0 nitrogen and oxygen atoms in total. The molecule has 0 saturated carbocycles. The van der Waals surface area contributed by atoms with E-state index in [4.69, 9.17) is 0 Å². The van der Waals surface area contributed by atoms with Gasteiger partial charge in [0.1, 0.15) is 0 Å². The van der Waals surface area contributed by atoms with Crippen molar-refractivity contribution in [2.45, 2.75) is 55.4 Å². The molecule has 0 rings (SSSR count). The van der Waals surface area contributed by atoms with Crippen LogP contribution in [0.25, 0.3) is 0 Å². The van der Waals surface area contributed by atoms with Gasteiger partial charge in [-0.3, -0.25) is 0 Å². The van der Waals surface area contributed by atoms with Crippen LogP contribution in [0.1, 0.15) is 55.4 Å². The van der Waals surface area contributed by atoms with Crippen LogP contribution in [-0.2, 0) is 63.2 Å². The Morgan fingerprint density at radius 3 is 0.385 bits per heavy atom. The maximum Gasteiger partial charge on any atom is 0 e. The van der Waals surface area contributed by atoms with Crippen LogP contribution in [0.15, 0.2) is 0 Å². The molecule has 0 atom stereocenters. The summed E-state index contributed by atoms with van der Waals surface area (Å²) in [5.74, 6) is 0. The van der Waals surface area contributed by atoms with Crippen molar-refractivity contribution in [2.24, 2.45) is 10.8 Å². The van der Waals surface area contributed by atoms with E-state index in [0.717, 1.165) is 0 Å². The molecule has 0 N–H and O–H groups in total. The van der Waals surface area contributed by atoms with Gasteiger partial charge in [-0.1, -0.05) is 55.4 Å².